The number of rotatable bonds is 5. The zero-order valence-corrected chi connectivity index (χ0v) is 10.3. The summed E-state index contributed by atoms with van der Waals surface area (Å²) in [6, 6.07) is 0.530. The maximum atomic E-state index is 11.4. The number of methoxy groups -OCH3 is 1. The molecule has 3 heteroatoms. The molecule has 0 radical (unpaired) electrons. The minimum atomic E-state index is -0.0716. The van der Waals surface area contributed by atoms with Crippen molar-refractivity contribution in [1.29, 1.82) is 0 Å². The van der Waals surface area contributed by atoms with Gasteiger partial charge >= 0.3 is 5.97 Å². The third-order valence-electron chi connectivity index (χ3n) is 3.26. The summed E-state index contributed by atoms with van der Waals surface area (Å²) >= 11 is 0. The van der Waals surface area contributed by atoms with E-state index in [1.54, 1.807) is 0 Å². The molecule has 0 saturated carbocycles. The van der Waals surface area contributed by atoms with Gasteiger partial charge in [-0.25, -0.2) is 0 Å². The first-order chi connectivity index (χ1) is 7.06. The summed E-state index contributed by atoms with van der Waals surface area (Å²) in [5.41, 5.74) is 0. The van der Waals surface area contributed by atoms with Gasteiger partial charge in [0.1, 0.15) is 6.04 Å². The normalized spacial score (nSPS) is 23.7. The predicted molar refractivity (Wildman–Crippen MR) is 60.7 cm³/mol. The SMILES string of the molecule is COC(=O)C1CCN1C(C)CCC(C)C. The van der Waals surface area contributed by atoms with Crippen molar-refractivity contribution < 1.29 is 9.53 Å². The van der Waals surface area contributed by atoms with Gasteiger partial charge in [0.25, 0.3) is 0 Å². The molecular formula is C12H23NO2. The van der Waals surface area contributed by atoms with Gasteiger partial charge in [-0.2, -0.15) is 0 Å². The highest BCUT2D eigenvalue weighted by molar-refractivity contribution is 5.76. The molecule has 88 valence electrons. The molecule has 2 unspecified atom stereocenters. The van der Waals surface area contributed by atoms with Crippen LogP contribution >= 0.6 is 0 Å². The number of likely N-dealkylation sites (tertiary alicyclic amines) is 1. The van der Waals surface area contributed by atoms with Crippen LogP contribution in [0.2, 0.25) is 0 Å². The Morgan fingerprint density at radius 1 is 1.40 bits per heavy atom. The van der Waals surface area contributed by atoms with Crippen LogP contribution in [0.25, 0.3) is 0 Å². The van der Waals surface area contributed by atoms with Gasteiger partial charge in [-0.05, 0) is 32.1 Å². The van der Waals surface area contributed by atoms with Crippen LogP contribution in [-0.2, 0) is 9.53 Å². The van der Waals surface area contributed by atoms with E-state index in [-0.39, 0.29) is 12.0 Å². The summed E-state index contributed by atoms with van der Waals surface area (Å²) in [5, 5.41) is 0. The molecule has 2 atom stereocenters. The number of ether oxygens (including phenoxy) is 1. The number of nitrogens with zero attached hydrogens (tertiary/aromatic N) is 1. The maximum Gasteiger partial charge on any atom is 0.323 e. The van der Waals surface area contributed by atoms with Crippen LogP contribution in [0, 0.1) is 5.92 Å². The molecule has 0 aliphatic carbocycles. The number of hydrogen-bond donors (Lipinski definition) is 0. The Bertz CT molecular complexity index is 216. The summed E-state index contributed by atoms with van der Waals surface area (Å²) in [4.78, 5) is 13.6. The lowest BCUT2D eigenvalue weighted by molar-refractivity contribution is -0.153. The molecule has 0 N–H and O–H groups in total. The lowest BCUT2D eigenvalue weighted by atomic mass is 9.96. The molecule has 0 aromatic heterocycles. The van der Waals surface area contributed by atoms with Crippen molar-refractivity contribution in [2.75, 3.05) is 13.7 Å². The number of carbonyl (C=O) groups excluding carboxylic acids is 1. The van der Waals surface area contributed by atoms with Gasteiger partial charge in [0.15, 0.2) is 0 Å². The Morgan fingerprint density at radius 3 is 2.47 bits per heavy atom. The average Bonchev–Trinajstić information content (AvgIpc) is 2.12. The van der Waals surface area contributed by atoms with Gasteiger partial charge in [-0.3, -0.25) is 9.69 Å². The van der Waals surface area contributed by atoms with Crippen LogP contribution < -0.4 is 0 Å². The Hall–Kier alpha value is -0.570. The summed E-state index contributed by atoms with van der Waals surface area (Å²) in [6.45, 7) is 7.72. The van der Waals surface area contributed by atoms with Gasteiger partial charge in [-0.1, -0.05) is 13.8 Å². The van der Waals surface area contributed by atoms with E-state index in [0.717, 1.165) is 18.9 Å². The van der Waals surface area contributed by atoms with Gasteiger partial charge in [0.2, 0.25) is 0 Å². The zero-order chi connectivity index (χ0) is 11.4. The lowest BCUT2D eigenvalue weighted by Crippen LogP contribution is -2.56. The number of esters is 1. The first-order valence-corrected chi connectivity index (χ1v) is 5.89. The van der Waals surface area contributed by atoms with Crippen molar-refractivity contribution in [3.63, 3.8) is 0 Å². The minimum Gasteiger partial charge on any atom is -0.468 e. The van der Waals surface area contributed by atoms with Crippen LogP contribution in [0.4, 0.5) is 0 Å². The van der Waals surface area contributed by atoms with Crippen molar-refractivity contribution in [1.82, 2.24) is 4.90 Å². The van der Waals surface area contributed by atoms with E-state index < -0.39 is 0 Å². The zero-order valence-electron chi connectivity index (χ0n) is 10.3. The molecule has 1 heterocycles. The lowest BCUT2D eigenvalue weighted by Gasteiger charge is -2.43. The largest absolute Gasteiger partial charge is 0.468 e. The fourth-order valence-corrected chi connectivity index (χ4v) is 2.06. The first-order valence-electron chi connectivity index (χ1n) is 5.89. The standard InChI is InChI=1S/C12H23NO2/c1-9(2)5-6-10(3)13-8-7-11(13)12(14)15-4/h9-11H,5-8H2,1-4H3. The third-order valence-corrected chi connectivity index (χ3v) is 3.26. The molecule has 0 amide bonds. The van der Waals surface area contributed by atoms with Crippen molar-refractivity contribution in [2.45, 2.75) is 52.1 Å². The predicted octanol–water partition coefficient (Wildman–Crippen LogP) is 2.06. The topological polar surface area (TPSA) is 29.5 Å². The van der Waals surface area contributed by atoms with E-state index in [1.165, 1.54) is 20.0 Å². The fourth-order valence-electron chi connectivity index (χ4n) is 2.06. The van der Waals surface area contributed by atoms with Crippen molar-refractivity contribution in [3.8, 4) is 0 Å². The smallest absolute Gasteiger partial charge is 0.323 e. The highest BCUT2D eigenvalue weighted by Gasteiger charge is 2.37. The molecule has 1 saturated heterocycles. The highest BCUT2D eigenvalue weighted by Crippen LogP contribution is 2.24. The van der Waals surface area contributed by atoms with Crippen molar-refractivity contribution in [3.05, 3.63) is 0 Å². The summed E-state index contributed by atoms with van der Waals surface area (Å²) < 4.78 is 4.78. The molecule has 0 spiro atoms. The molecule has 1 rings (SSSR count). The molecule has 3 nitrogen and oxygen atoms in total. The van der Waals surface area contributed by atoms with Crippen LogP contribution in [0.5, 0.6) is 0 Å². The monoisotopic (exact) mass is 213 g/mol. The van der Waals surface area contributed by atoms with Crippen LogP contribution in [-0.4, -0.2) is 36.6 Å². The van der Waals surface area contributed by atoms with Gasteiger partial charge in [0.05, 0.1) is 7.11 Å². The molecular weight excluding hydrogens is 190 g/mol. The molecule has 0 bridgehead atoms. The summed E-state index contributed by atoms with van der Waals surface area (Å²) in [7, 11) is 1.47. The van der Waals surface area contributed by atoms with Crippen LogP contribution in [0.15, 0.2) is 0 Å². The number of carbonyl (C=O) groups is 1. The number of hydrogen-bond acceptors (Lipinski definition) is 3. The maximum absolute atomic E-state index is 11.4. The van der Waals surface area contributed by atoms with Crippen LogP contribution in [0.3, 0.4) is 0 Å². The molecule has 1 aliphatic heterocycles. The molecule has 1 aliphatic rings. The van der Waals surface area contributed by atoms with E-state index in [2.05, 4.69) is 25.7 Å². The molecule has 0 aromatic rings. The summed E-state index contributed by atoms with van der Waals surface area (Å²) in [6.07, 6.45) is 3.36. The average molecular weight is 213 g/mol. The molecule has 15 heavy (non-hydrogen) atoms. The molecule has 0 aromatic carbocycles. The van der Waals surface area contributed by atoms with Gasteiger partial charge < -0.3 is 4.74 Å². The van der Waals surface area contributed by atoms with E-state index >= 15 is 0 Å². The van der Waals surface area contributed by atoms with Crippen molar-refractivity contribution >= 4 is 5.97 Å². The Labute approximate surface area is 92.8 Å². The Balaban J connectivity index is 2.33. The quantitative estimate of drug-likeness (QED) is 0.655. The van der Waals surface area contributed by atoms with E-state index in [4.69, 9.17) is 4.74 Å². The second kappa shape index (κ2) is 5.50. The van der Waals surface area contributed by atoms with Crippen LogP contribution in [0.1, 0.15) is 40.0 Å². The third kappa shape index (κ3) is 3.20. The van der Waals surface area contributed by atoms with E-state index in [1.807, 2.05) is 0 Å². The fraction of sp³-hybridized carbons (Fsp3) is 0.917. The van der Waals surface area contributed by atoms with E-state index in [0.29, 0.717) is 6.04 Å². The minimum absolute atomic E-state index is 0.0252. The second-order valence-electron chi connectivity index (χ2n) is 4.89. The Kier molecular flexibility index (Phi) is 4.58. The first kappa shape index (κ1) is 12.5. The second-order valence-corrected chi connectivity index (χ2v) is 4.89. The van der Waals surface area contributed by atoms with Gasteiger partial charge in [-0.15, -0.1) is 0 Å². The van der Waals surface area contributed by atoms with Gasteiger partial charge in [0, 0.05) is 12.6 Å². The van der Waals surface area contributed by atoms with Crippen molar-refractivity contribution in [2.24, 2.45) is 5.92 Å². The van der Waals surface area contributed by atoms with E-state index in [9.17, 15) is 4.79 Å². The molecule has 1 fully saturated rings. The highest BCUT2D eigenvalue weighted by atomic mass is 16.5. The summed E-state index contributed by atoms with van der Waals surface area (Å²) in [5.74, 6) is 0.669. The Morgan fingerprint density at radius 2 is 2.07 bits per heavy atom.